The zero-order valence-corrected chi connectivity index (χ0v) is 16.1. The Labute approximate surface area is 158 Å². The van der Waals surface area contributed by atoms with E-state index in [1.807, 2.05) is 13.8 Å². The maximum Gasteiger partial charge on any atom is 0.305 e. The van der Waals surface area contributed by atoms with E-state index in [2.05, 4.69) is 12.2 Å². The molecular formula is C19H29NO7. The van der Waals surface area contributed by atoms with Crippen molar-refractivity contribution in [3.8, 4) is 0 Å². The van der Waals surface area contributed by atoms with Crippen molar-refractivity contribution in [1.82, 2.24) is 5.32 Å². The van der Waals surface area contributed by atoms with E-state index in [4.69, 9.17) is 24.4 Å². The molecule has 1 aliphatic carbocycles. The number of carbonyl (C=O) groups is 2. The number of fused-ring (bicyclic) bond motifs is 2. The molecule has 1 amide bonds. The van der Waals surface area contributed by atoms with Crippen molar-refractivity contribution in [1.29, 1.82) is 0 Å². The largest absolute Gasteiger partial charge is 0.481 e. The number of amides is 1. The summed E-state index contributed by atoms with van der Waals surface area (Å²) >= 11 is 0. The molecule has 5 fully saturated rings. The first-order chi connectivity index (χ1) is 12.8. The van der Waals surface area contributed by atoms with Gasteiger partial charge in [0.2, 0.25) is 11.7 Å². The summed E-state index contributed by atoms with van der Waals surface area (Å²) in [6.45, 7) is 6.18. The summed E-state index contributed by atoms with van der Waals surface area (Å²) in [5.74, 6) is -1.40. The van der Waals surface area contributed by atoms with Crippen LogP contribution in [0.1, 0.15) is 52.9 Å². The highest BCUT2D eigenvalue weighted by Crippen LogP contribution is 2.60. The van der Waals surface area contributed by atoms with Crippen molar-refractivity contribution in [3.05, 3.63) is 0 Å². The molecule has 0 aromatic heterocycles. The second-order valence-electron chi connectivity index (χ2n) is 8.76. The Kier molecular flexibility index (Phi) is 4.73. The fourth-order valence-corrected chi connectivity index (χ4v) is 5.60. The Morgan fingerprint density at radius 1 is 1.15 bits per heavy atom. The molecule has 4 aliphatic heterocycles. The third-order valence-electron chi connectivity index (χ3n) is 7.05. The van der Waals surface area contributed by atoms with Crippen LogP contribution in [0.5, 0.6) is 0 Å². The van der Waals surface area contributed by atoms with Crippen molar-refractivity contribution in [3.63, 3.8) is 0 Å². The molecule has 27 heavy (non-hydrogen) atoms. The van der Waals surface area contributed by atoms with Gasteiger partial charge >= 0.3 is 5.97 Å². The lowest BCUT2D eigenvalue weighted by atomic mass is 9.57. The Morgan fingerprint density at radius 2 is 1.93 bits per heavy atom. The van der Waals surface area contributed by atoms with Gasteiger partial charge in [-0.05, 0) is 43.9 Å². The van der Waals surface area contributed by atoms with Crippen LogP contribution in [0.2, 0.25) is 0 Å². The zero-order chi connectivity index (χ0) is 19.4. The lowest BCUT2D eigenvalue weighted by Gasteiger charge is -2.60. The topological polar surface area (TPSA) is 103 Å². The highest BCUT2D eigenvalue weighted by atomic mass is 17.3. The molecule has 0 aromatic carbocycles. The smallest absolute Gasteiger partial charge is 0.305 e. The van der Waals surface area contributed by atoms with Gasteiger partial charge in [0.15, 0.2) is 11.9 Å². The molecule has 0 radical (unpaired) electrons. The number of carbonyl (C=O) groups excluding carboxylic acids is 1. The molecule has 4 saturated heterocycles. The van der Waals surface area contributed by atoms with Crippen LogP contribution in [0, 0.1) is 23.7 Å². The molecule has 1 spiro atoms. The van der Waals surface area contributed by atoms with E-state index in [9.17, 15) is 9.59 Å². The van der Waals surface area contributed by atoms with Crippen molar-refractivity contribution in [2.75, 3.05) is 6.54 Å². The van der Waals surface area contributed by atoms with Crippen LogP contribution in [0.25, 0.3) is 0 Å². The molecule has 8 heteroatoms. The number of carboxylic acid groups (broad SMARTS) is 1. The fourth-order valence-electron chi connectivity index (χ4n) is 5.60. The molecule has 8 atom stereocenters. The van der Waals surface area contributed by atoms with Crippen LogP contribution < -0.4 is 5.32 Å². The summed E-state index contributed by atoms with van der Waals surface area (Å²) in [5.41, 5.74) is -0.690. The van der Waals surface area contributed by atoms with E-state index in [1.54, 1.807) is 0 Å². The van der Waals surface area contributed by atoms with Gasteiger partial charge in [0.1, 0.15) is 6.10 Å². The number of nitrogens with one attached hydrogen (secondary N) is 1. The Morgan fingerprint density at radius 3 is 2.67 bits per heavy atom. The van der Waals surface area contributed by atoms with Crippen LogP contribution >= 0.6 is 0 Å². The van der Waals surface area contributed by atoms with Gasteiger partial charge in [-0.25, -0.2) is 9.78 Å². The fraction of sp³-hybridized carbons (Fsp3) is 0.895. The van der Waals surface area contributed by atoms with Crippen LogP contribution in [0.15, 0.2) is 0 Å². The van der Waals surface area contributed by atoms with Gasteiger partial charge < -0.3 is 19.9 Å². The second-order valence-corrected chi connectivity index (χ2v) is 8.76. The van der Waals surface area contributed by atoms with Crippen molar-refractivity contribution >= 4 is 11.9 Å². The number of aliphatic carboxylic acids is 1. The van der Waals surface area contributed by atoms with Gasteiger partial charge in [-0.1, -0.05) is 13.8 Å². The molecule has 5 rings (SSSR count). The van der Waals surface area contributed by atoms with Gasteiger partial charge in [0.05, 0.1) is 6.42 Å². The van der Waals surface area contributed by atoms with Gasteiger partial charge in [0, 0.05) is 18.9 Å². The number of hydrogen-bond donors (Lipinski definition) is 2. The van der Waals surface area contributed by atoms with E-state index in [-0.39, 0.29) is 36.6 Å². The Balaban J connectivity index is 1.60. The summed E-state index contributed by atoms with van der Waals surface area (Å²) in [7, 11) is 0. The highest BCUT2D eigenvalue weighted by Gasteiger charge is 2.69. The molecule has 4 heterocycles. The molecule has 2 N–H and O–H groups in total. The highest BCUT2D eigenvalue weighted by molar-refractivity contribution is 5.81. The second kappa shape index (κ2) is 6.69. The summed E-state index contributed by atoms with van der Waals surface area (Å²) in [6.07, 6.45) is 2.18. The molecule has 0 aromatic rings. The van der Waals surface area contributed by atoms with Gasteiger partial charge in [-0.3, -0.25) is 9.59 Å². The van der Waals surface area contributed by atoms with E-state index in [0.29, 0.717) is 5.92 Å². The minimum atomic E-state index is -0.946. The normalized spacial score (nSPS) is 48.4. The number of rotatable bonds is 4. The first-order valence-electron chi connectivity index (χ1n) is 9.96. The summed E-state index contributed by atoms with van der Waals surface area (Å²) < 4.78 is 12.4. The minimum absolute atomic E-state index is 0.0790. The molecule has 5 aliphatic rings. The number of carboxylic acids is 1. The van der Waals surface area contributed by atoms with Crippen LogP contribution in [-0.2, 0) is 28.8 Å². The average molecular weight is 383 g/mol. The summed E-state index contributed by atoms with van der Waals surface area (Å²) in [4.78, 5) is 35.2. The summed E-state index contributed by atoms with van der Waals surface area (Å²) in [5, 5.41) is 11.5. The zero-order valence-electron chi connectivity index (χ0n) is 16.1. The van der Waals surface area contributed by atoms with Crippen molar-refractivity contribution in [2.24, 2.45) is 23.7 Å². The lowest BCUT2D eigenvalue weighted by molar-refractivity contribution is -0.569. The molecule has 2 bridgehead atoms. The standard InChI is InChI=1S/C19H29NO7/c1-10-4-5-13-11(2)15(16(23)20-9-7-14(21)22)24-17-19(13)12(10)6-8-18(3,25-17)26-27-19/h10-13,15,17H,4-9H2,1-3H3,(H,20,23)(H,21,22)/t10-,11-,12+,13+,15-,17-,18-,19-/m1/s1. The lowest BCUT2D eigenvalue weighted by Crippen LogP contribution is -2.71. The predicted octanol–water partition coefficient (Wildman–Crippen LogP) is 1.83. The Bertz CT molecular complexity index is 627. The van der Waals surface area contributed by atoms with Crippen molar-refractivity contribution in [2.45, 2.75) is 76.7 Å². The van der Waals surface area contributed by atoms with Crippen LogP contribution in [0.3, 0.4) is 0 Å². The third-order valence-corrected chi connectivity index (χ3v) is 7.05. The molecule has 0 unspecified atom stereocenters. The Hall–Kier alpha value is -1.22. The minimum Gasteiger partial charge on any atom is -0.481 e. The third kappa shape index (κ3) is 2.97. The van der Waals surface area contributed by atoms with Gasteiger partial charge in [0.25, 0.3) is 0 Å². The van der Waals surface area contributed by atoms with E-state index < -0.39 is 29.8 Å². The first-order valence-corrected chi connectivity index (χ1v) is 9.96. The molecular weight excluding hydrogens is 354 g/mol. The number of ether oxygens (including phenoxy) is 2. The van der Waals surface area contributed by atoms with Gasteiger partial charge in [-0.2, -0.15) is 0 Å². The monoisotopic (exact) mass is 383 g/mol. The average Bonchev–Trinajstić information content (AvgIpc) is 2.84. The van der Waals surface area contributed by atoms with Gasteiger partial charge in [-0.15, -0.1) is 0 Å². The first kappa shape index (κ1) is 19.1. The maximum atomic E-state index is 12.7. The predicted molar refractivity (Wildman–Crippen MR) is 92.1 cm³/mol. The van der Waals surface area contributed by atoms with E-state index in [1.165, 1.54) is 0 Å². The summed E-state index contributed by atoms with van der Waals surface area (Å²) in [6, 6.07) is 0. The quantitative estimate of drug-likeness (QED) is 0.714. The maximum absolute atomic E-state index is 12.7. The SMILES string of the molecule is C[C@H]1[C@H](C(=O)NCCC(=O)O)O[C@@H]2O[C@@]3(C)CC[C@H]4[C@H](C)CC[C@@H]1[C@@]24OO3. The van der Waals surface area contributed by atoms with Crippen LogP contribution in [-0.4, -0.2) is 47.3 Å². The van der Waals surface area contributed by atoms with Crippen LogP contribution in [0.4, 0.5) is 0 Å². The molecule has 8 nitrogen and oxygen atoms in total. The van der Waals surface area contributed by atoms with Crippen molar-refractivity contribution < 1.29 is 33.9 Å². The number of hydrogen-bond acceptors (Lipinski definition) is 6. The molecule has 152 valence electrons. The molecule has 1 saturated carbocycles. The van der Waals surface area contributed by atoms with E-state index >= 15 is 0 Å². The van der Waals surface area contributed by atoms with E-state index in [0.717, 1.165) is 25.7 Å².